The molecule has 2 N–H and O–H groups in total. The van der Waals surface area contributed by atoms with E-state index in [-0.39, 0.29) is 4.21 Å². The van der Waals surface area contributed by atoms with Crippen LogP contribution in [0, 0.1) is 13.8 Å². The molecule has 0 aliphatic heterocycles. The van der Waals surface area contributed by atoms with Gasteiger partial charge in [0.2, 0.25) is 0 Å². The molecule has 0 aliphatic carbocycles. The first kappa shape index (κ1) is 11.1. The SMILES string of the molecule is Cc1nc(C)c(S(=O)(=O)Nc2cn[nH]c2)s1. The van der Waals surface area contributed by atoms with Gasteiger partial charge in [-0.2, -0.15) is 5.10 Å². The number of nitrogens with one attached hydrogen (secondary N) is 2. The van der Waals surface area contributed by atoms with Crippen LogP contribution in [0.1, 0.15) is 10.7 Å². The van der Waals surface area contributed by atoms with E-state index in [4.69, 9.17) is 0 Å². The molecular weight excluding hydrogens is 248 g/mol. The molecule has 16 heavy (non-hydrogen) atoms. The summed E-state index contributed by atoms with van der Waals surface area (Å²) in [7, 11) is -3.55. The van der Waals surface area contributed by atoms with Crippen LogP contribution in [0.5, 0.6) is 0 Å². The molecule has 0 atom stereocenters. The number of nitrogens with zero attached hydrogens (tertiary/aromatic N) is 2. The second-order valence-electron chi connectivity index (χ2n) is 3.20. The lowest BCUT2D eigenvalue weighted by Gasteiger charge is -2.02. The van der Waals surface area contributed by atoms with Gasteiger partial charge in [0, 0.05) is 6.20 Å². The van der Waals surface area contributed by atoms with Crippen molar-refractivity contribution in [2.45, 2.75) is 18.1 Å². The lowest BCUT2D eigenvalue weighted by molar-refractivity contribution is 0.602. The molecular formula is C8H10N4O2S2. The molecule has 86 valence electrons. The lowest BCUT2D eigenvalue weighted by Crippen LogP contribution is -2.12. The average molecular weight is 258 g/mol. The highest BCUT2D eigenvalue weighted by Crippen LogP contribution is 2.24. The van der Waals surface area contributed by atoms with Crippen molar-refractivity contribution in [3.8, 4) is 0 Å². The number of aromatic amines is 1. The van der Waals surface area contributed by atoms with E-state index in [9.17, 15) is 8.42 Å². The van der Waals surface area contributed by atoms with Crippen LogP contribution in [0.25, 0.3) is 0 Å². The molecule has 8 heteroatoms. The Bertz CT molecular complexity index is 586. The van der Waals surface area contributed by atoms with E-state index in [1.165, 1.54) is 12.4 Å². The Morgan fingerprint density at radius 2 is 2.19 bits per heavy atom. The summed E-state index contributed by atoms with van der Waals surface area (Å²) in [6.07, 6.45) is 2.88. The first-order valence-electron chi connectivity index (χ1n) is 4.44. The van der Waals surface area contributed by atoms with E-state index >= 15 is 0 Å². The van der Waals surface area contributed by atoms with E-state index in [0.717, 1.165) is 16.3 Å². The van der Waals surface area contributed by atoms with Crippen molar-refractivity contribution in [3.63, 3.8) is 0 Å². The van der Waals surface area contributed by atoms with E-state index < -0.39 is 10.0 Å². The summed E-state index contributed by atoms with van der Waals surface area (Å²) in [6, 6.07) is 0. The highest BCUT2D eigenvalue weighted by Gasteiger charge is 2.21. The Kier molecular flexibility index (Phi) is 2.68. The number of hydrogen-bond donors (Lipinski definition) is 2. The third-order valence-corrected chi connectivity index (χ3v) is 4.92. The second kappa shape index (κ2) is 3.87. The Morgan fingerprint density at radius 1 is 1.44 bits per heavy atom. The van der Waals surface area contributed by atoms with Gasteiger partial charge in [0.25, 0.3) is 10.0 Å². The van der Waals surface area contributed by atoms with Crippen molar-refractivity contribution in [1.29, 1.82) is 0 Å². The van der Waals surface area contributed by atoms with Gasteiger partial charge in [-0.05, 0) is 13.8 Å². The molecule has 0 amide bonds. The molecule has 0 spiro atoms. The van der Waals surface area contributed by atoms with E-state index in [1.807, 2.05) is 0 Å². The Balaban J connectivity index is 2.36. The van der Waals surface area contributed by atoms with Gasteiger partial charge in [-0.1, -0.05) is 0 Å². The van der Waals surface area contributed by atoms with E-state index in [1.54, 1.807) is 13.8 Å². The smallest absolute Gasteiger partial charge is 0.273 e. The van der Waals surface area contributed by atoms with Crippen LogP contribution >= 0.6 is 11.3 Å². The maximum absolute atomic E-state index is 12.0. The zero-order chi connectivity index (χ0) is 11.8. The molecule has 0 aliphatic rings. The summed E-state index contributed by atoms with van der Waals surface area (Å²) in [5, 5.41) is 6.92. The van der Waals surface area contributed by atoms with Crippen LogP contribution < -0.4 is 4.72 Å². The van der Waals surface area contributed by atoms with Gasteiger partial charge < -0.3 is 0 Å². The van der Waals surface area contributed by atoms with Gasteiger partial charge in [0.15, 0.2) is 4.21 Å². The molecule has 0 bridgehead atoms. The Hall–Kier alpha value is -1.41. The summed E-state index contributed by atoms with van der Waals surface area (Å²) in [4.78, 5) is 4.08. The quantitative estimate of drug-likeness (QED) is 0.868. The summed E-state index contributed by atoms with van der Waals surface area (Å²) in [6.45, 7) is 3.45. The molecule has 2 aromatic rings. The first-order valence-corrected chi connectivity index (χ1v) is 6.74. The normalized spacial score (nSPS) is 11.6. The fourth-order valence-corrected chi connectivity index (χ4v) is 3.79. The monoisotopic (exact) mass is 258 g/mol. The topological polar surface area (TPSA) is 87.7 Å². The van der Waals surface area contributed by atoms with Gasteiger partial charge in [-0.3, -0.25) is 9.82 Å². The number of hydrogen-bond acceptors (Lipinski definition) is 5. The van der Waals surface area contributed by atoms with Gasteiger partial charge in [0.05, 0.1) is 22.6 Å². The van der Waals surface area contributed by atoms with Crippen LogP contribution in [0.15, 0.2) is 16.6 Å². The van der Waals surface area contributed by atoms with Gasteiger partial charge in [-0.25, -0.2) is 13.4 Å². The number of anilines is 1. The van der Waals surface area contributed by atoms with Crippen LogP contribution in [0.2, 0.25) is 0 Å². The predicted octanol–water partition coefficient (Wildman–Crippen LogP) is 1.28. The first-order chi connectivity index (χ1) is 7.49. The van der Waals surface area contributed by atoms with Crippen molar-refractivity contribution in [2.24, 2.45) is 0 Å². The van der Waals surface area contributed by atoms with Crippen LogP contribution in [-0.2, 0) is 10.0 Å². The van der Waals surface area contributed by atoms with Crippen molar-refractivity contribution < 1.29 is 8.42 Å². The minimum absolute atomic E-state index is 0.242. The van der Waals surface area contributed by atoms with E-state index in [2.05, 4.69) is 19.9 Å². The standard InChI is InChI=1S/C8H10N4O2S2/c1-5-8(15-6(2)11-5)16(13,14)12-7-3-9-10-4-7/h3-4,12H,1-2H3,(H,9,10). The second-order valence-corrected chi connectivity index (χ2v) is 6.28. The number of rotatable bonds is 3. The zero-order valence-corrected chi connectivity index (χ0v) is 10.3. The maximum Gasteiger partial charge on any atom is 0.273 e. The summed E-state index contributed by atoms with van der Waals surface area (Å²) in [5.74, 6) is 0. The molecule has 2 rings (SSSR count). The molecule has 2 heterocycles. The van der Waals surface area contributed by atoms with Crippen LogP contribution in [0.4, 0.5) is 5.69 Å². The number of thiazole rings is 1. The van der Waals surface area contributed by atoms with Crippen molar-refractivity contribution in [1.82, 2.24) is 15.2 Å². The summed E-state index contributed by atoms with van der Waals surface area (Å²) in [5.41, 5.74) is 0.920. The zero-order valence-electron chi connectivity index (χ0n) is 8.68. The molecule has 0 aromatic carbocycles. The number of aromatic nitrogens is 3. The third-order valence-electron chi connectivity index (χ3n) is 1.86. The minimum Gasteiger partial charge on any atom is -0.284 e. The predicted molar refractivity (Wildman–Crippen MR) is 61.0 cm³/mol. The highest BCUT2D eigenvalue weighted by molar-refractivity contribution is 7.94. The highest BCUT2D eigenvalue weighted by atomic mass is 32.2. The van der Waals surface area contributed by atoms with Crippen LogP contribution in [0.3, 0.4) is 0 Å². The molecule has 6 nitrogen and oxygen atoms in total. The maximum atomic E-state index is 12.0. The molecule has 0 saturated carbocycles. The minimum atomic E-state index is -3.55. The van der Waals surface area contributed by atoms with Crippen molar-refractivity contribution >= 4 is 27.0 Å². The third kappa shape index (κ3) is 2.07. The average Bonchev–Trinajstić information content (AvgIpc) is 2.75. The fourth-order valence-electron chi connectivity index (χ4n) is 1.27. The molecule has 0 unspecified atom stereocenters. The summed E-state index contributed by atoms with van der Waals surface area (Å²) >= 11 is 1.15. The Labute approximate surface area is 96.8 Å². The van der Waals surface area contributed by atoms with Crippen LogP contribution in [-0.4, -0.2) is 23.6 Å². The lowest BCUT2D eigenvalue weighted by atomic mass is 10.6. The van der Waals surface area contributed by atoms with E-state index in [0.29, 0.717) is 11.4 Å². The molecule has 0 fully saturated rings. The largest absolute Gasteiger partial charge is 0.284 e. The number of aryl methyl sites for hydroxylation is 2. The molecule has 0 radical (unpaired) electrons. The van der Waals surface area contributed by atoms with Gasteiger partial charge in [0.1, 0.15) is 0 Å². The van der Waals surface area contributed by atoms with Crippen molar-refractivity contribution in [3.05, 3.63) is 23.1 Å². The molecule has 0 saturated heterocycles. The Morgan fingerprint density at radius 3 is 2.69 bits per heavy atom. The van der Waals surface area contributed by atoms with Gasteiger partial charge >= 0.3 is 0 Å². The fraction of sp³-hybridized carbons (Fsp3) is 0.250. The van der Waals surface area contributed by atoms with Crippen molar-refractivity contribution in [2.75, 3.05) is 4.72 Å². The summed E-state index contributed by atoms with van der Waals surface area (Å²) < 4.78 is 26.6. The number of H-pyrrole nitrogens is 1. The number of sulfonamides is 1. The van der Waals surface area contributed by atoms with Gasteiger partial charge in [-0.15, -0.1) is 11.3 Å². The molecule has 2 aromatic heterocycles.